The van der Waals surface area contributed by atoms with E-state index >= 15 is 0 Å². The number of hydrogen-bond donors (Lipinski definition) is 0. The molecule has 0 spiro atoms. The van der Waals surface area contributed by atoms with Crippen molar-refractivity contribution in [1.82, 2.24) is 14.9 Å². The molecular formula is C11H13N5. The predicted octanol–water partition coefficient (Wildman–Crippen LogP) is 1.23. The highest BCUT2D eigenvalue weighted by Crippen LogP contribution is 2.10. The van der Waals surface area contributed by atoms with E-state index in [2.05, 4.69) is 20.2 Å². The van der Waals surface area contributed by atoms with Crippen molar-refractivity contribution in [3.63, 3.8) is 0 Å². The fourth-order valence-corrected chi connectivity index (χ4v) is 1.25. The third kappa shape index (κ3) is 2.44. The predicted molar refractivity (Wildman–Crippen MR) is 63.8 cm³/mol. The SMILES string of the molecule is CN(C)c1ccc(C=Nn2cnnc2)cc1. The second-order valence-electron chi connectivity index (χ2n) is 3.57. The maximum absolute atomic E-state index is 4.16. The number of nitrogens with zero attached hydrogens (tertiary/aromatic N) is 5. The van der Waals surface area contributed by atoms with Crippen molar-refractivity contribution in [3.05, 3.63) is 42.5 Å². The van der Waals surface area contributed by atoms with Crippen LogP contribution in [0, 0.1) is 0 Å². The van der Waals surface area contributed by atoms with Crippen molar-refractivity contribution < 1.29 is 0 Å². The van der Waals surface area contributed by atoms with Gasteiger partial charge in [0.2, 0.25) is 0 Å². The summed E-state index contributed by atoms with van der Waals surface area (Å²) in [6.45, 7) is 0. The summed E-state index contributed by atoms with van der Waals surface area (Å²) in [7, 11) is 4.03. The average Bonchev–Trinajstić information content (AvgIpc) is 2.80. The number of anilines is 1. The van der Waals surface area contributed by atoms with Crippen molar-refractivity contribution in [2.24, 2.45) is 5.10 Å². The highest BCUT2D eigenvalue weighted by Gasteiger charge is 1.93. The van der Waals surface area contributed by atoms with E-state index in [0.29, 0.717) is 0 Å². The van der Waals surface area contributed by atoms with Crippen LogP contribution in [0.1, 0.15) is 5.56 Å². The Morgan fingerprint density at radius 2 is 1.75 bits per heavy atom. The van der Waals surface area contributed by atoms with Gasteiger partial charge in [-0.15, -0.1) is 10.2 Å². The molecule has 0 amide bonds. The molecule has 0 unspecified atom stereocenters. The molecule has 0 bridgehead atoms. The van der Waals surface area contributed by atoms with E-state index in [9.17, 15) is 0 Å². The van der Waals surface area contributed by atoms with E-state index in [0.717, 1.165) is 5.56 Å². The molecule has 0 fully saturated rings. The van der Waals surface area contributed by atoms with Crippen molar-refractivity contribution in [3.8, 4) is 0 Å². The van der Waals surface area contributed by atoms with Crippen LogP contribution in [-0.2, 0) is 0 Å². The fourth-order valence-electron chi connectivity index (χ4n) is 1.25. The van der Waals surface area contributed by atoms with Gasteiger partial charge in [0, 0.05) is 19.8 Å². The first-order valence-electron chi connectivity index (χ1n) is 4.92. The minimum absolute atomic E-state index is 1.04. The molecule has 82 valence electrons. The molecule has 5 heteroatoms. The molecule has 0 aliphatic carbocycles. The van der Waals surface area contributed by atoms with E-state index in [-0.39, 0.29) is 0 Å². The highest BCUT2D eigenvalue weighted by molar-refractivity contribution is 5.80. The number of aromatic nitrogens is 3. The van der Waals surface area contributed by atoms with Gasteiger partial charge in [-0.3, -0.25) is 0 Å². The van der Waals surface area contributed by atoms with Crippen molar-refractivity contribution in [2.45, 2.75) is 0 Å². The summed E-state index contributed by atoms with van der Waals surface area (Å²) in [4.78, 5) is 2.06. The monoisotopic (exact) mass is 215 g/mol. The molecule has 0 saturated carbocycles. The lowest BCUT2D eigenvalue weighted by molar-refractivity contribution is 0.878. The van der Waals surface area contributed by atoms with Gasteiger partial charge in [0.15, 0.2) is 0 Å². The van der Waals surface area contributed by atoms with Crippen LogP contribution in [0.3, 0.4) is 0 Å². The number of rotatable bonds is 3. The Labute approximate surface area is 94.0 Å². The molecule has 0 aliphatic rings. The summed E-state index contributed by atoms with van der Waals surface area (Å²) in [5.41, 5.74) is 2.21. The van der Waals surface area contributed by atoms with Gasteiger partial charge in [-0.25, -0.2) is 4.68 Å². The van der Waals surface area contributed by atoms with Crippen molar-refractivity contribution in [2.75, 3.05) is 19.0 Å². The Kier molecular flexibility index (Phi) is 2.95. The lowest BCUT2D eigenvalue weighted by Gasteiger charge is -2.11. The molecule has 1 heterocycles. The molecule has 0 aliphatic heterocycles. The van der Waals surface area contributed by atoms with Crippen molar-refractivity contribution in [1.29, 1.82) is 0 Å². The zero-order valence-corrected chi connectivity index (χ0v) is 9.28. The molecule has 0 atom stereocenters. The van der Waals surface area contributed by atoms with E-state index in [1.54, 1.807) is 23.5 Å². The third-order valence-electron chi connectivity index (χ3n) is 2.16. The second-order valence-corrected chi connectivity index (χ2v) is 3.57. The normalized spacial score (nSPS) is 10.9. The van der Waals surface area contributed by atoms with Crippen molar-refractivity contribution >= 4 is 11.9 Å². The van der Waals surface area contributed by atoms with E-state index < -0.39 is 0 Å². The Hall–Kier alpha value is -2.17. The summed E-state index contributed by atoms with van der Waals surface area (Å²) in [6, 6.07) is 8.13. The summed E-state index contributed by atoms with van der Waals surface area (Å²) >= 11 is 0. The molecule has 5 nitrogen and oxygen atoms in total. The second kappa shape index (κ2) is 4.57. The molecule has 1 aromatic heterocycles. The van der Waals surface area contributed by atoms with Gasteiger partial charge in [0.25, 0.3) is 0 Å². The van der Waals surface area contributed by atoms with E-state index in [4.69, 9.17) is 0 Å². The minimum Gasteiger partial charge on any atom is -0.378 e. The summed E-state index contributed by atoms with van der Waals surface area (Å²) < 4.78 is 1.56. The van der Waals surface area contributed by atoms with Crippen LogP contribution < -0.4 is 4.90 Å². The molecule has 0 N–H and O–H groups in total. The zero-order chi connectivity index (χ0) is 11.4. The maximum Gasteiger partial charge on any atom is 0.141 e. The topological polar surface area (TPSA) is 46.3 Å². The first kappa shape index (κ1) is 10.4. The molecule has 2 rings (SSSR count). The Morgan fingerprint density at radius 3 is 2.31 bits per heavy atom. The van der Waals surface area contributed by atoms with Crippen LogP contribution >= 0.6 is 0 Å². The summed E-state index contributed by atoms with van der Waals surface area (Å²) in [6.07, 6.45) is 4.86. The summed E-state index contributed by atoms with van der Waals surface area (Å²) in [5, 5.41) is 11.5. The van der Waals surface area contributed by atoms with Crippen LogP contribution in [0.5, 0.6) is 0 Å². The quantitative estimate of drug-likeness (QED) is 0.723. The Balaban J connectivity index is 2.11. The lowest BCUT2D eigenvalue weighted by Crippen LogP contribution is -2.08. The highest BCUT2D eigenvalue weighted by atomic mass is 15.4. The van der Waals surface area contributed by atoms with Gasteiger partial charge < -0.3 is 4.90 Å². The first-order chi connectivity index (χ1) is 7.75. The van der Waals surface area contributed by atoms with Crippen LogP contribution in [0.2, 0.25) is 0 Å². The molecule has 1 aromatic carbocycles. The third-order valence-corrected chi connectivity index (χ3v) is 2.16. The van der Waals surface area contributed by atoms with Gasteiger partial charge in [-0.05, 0) is 17.7 Å². The smallest absolute Gasteiger partial charge is 0.141 e. The summed E-state index contributed by atoms with van der Waals surface area (Å²) in [5.74, 6) is 0. The number of hydrogen-bond acceptors (Lipinski definition) is 4. The van der Waals surface area contributed by atoms with Gasteiger partial charge in [-0.2, -0.15) is 5.10 Å². The van der Waals surface area contributed by atoms with Crippen LogP contribution in [-0.4, -0.2) is 35.2 Å². The molecule has 16 heavy (non-hydrogen) atoms. The fraction of sp³-hybridized carbons (Fsp3) is 0.182. The van der Waals surface area contributed by atoms with Gasteiger partial charge in [-0.1, -0.05) is 12.1 Å². The van der Waals surface area contributed by atoms with E-state index in [1.165, 1.54) is 5.69 Å². The average molecular weight is 215 g/mol. The zero-order valence-electron chi connectivity index (χ0n) is 9.28. The van der Waals surface area contributed by atoms with E-state index in [1.807, 2.05) is 38.4 Å². The molecular weight excluding hydrogens is 202 g/mol. The number of benzene rings is 1. The van der Waals surface area contributed by atoms with Crippen LogP contribution in [0.4, 0.5) is 5.69 Å². The Morgan fingerprint density at radius 1 is 1.12 bits per heavy atom. The largest absolute Gasteiger partial charge is 0.378 e. The van der Waals surface area contributed by atoms with Gasteiger partial charge >= 0.3 is 0 Å². The molecule has 0 saturated heterocycles. The standard InChI is InChI=1S/C11H13N5/c1-15(2)11-5-3-10(4-6-11)7-14-16-8-12-13-9-16/h3-9H,1-2H3. The molecule has 2 aromatic rings. The van der Waals surface area contributed by atoms with Crippen LogP contribution in [0.25, 0.3) is 0 Å². The lowest BCUT2D eigenvalue weighted by atomic mass is 10.2. The van der Waals surface area contributed by atoms with Gasteiger partial charge in [0.1, 0.15) is 12.7 Å². The van der Waals surface area contributed by atoms with Gasteiger partial charge in [0.05, 0.1) is 6.21 Å². The molecule has 0 radical (unpaired) electrons. The Bertz CT molecular complexity index is 456. The maximum atomic E-state index is 4.16. The van der Waals surface area contributed by atoms with Crippen LogP contribution in [0.15, 0.2) is 42.0 Å². The minimum atomic E-state index is 1.04. The first-order valence-corrected chi connectivity index (χ1v) is 4.92.